The molecule has 1 aliphatic carbocycles. The first kappa shape index (κ1) is 17.4. The van der Waals surface area contributed by atoms with Gasteiger partial charge in [-0.25, -0.2) is 12.7 Å². The Labute approximate surface area is 123 Å². The van der Waals surface area contributed by atoms with Crippen molar-refractivity contribution in [2.75, 3.05) is 25.9 Å². The number of hydrogen-bond acceptors (Lipinski definition) is 3. The Morgan fingerprint density at radius 1 is 1.25 bits per heavy atom. The van der Waals surface area contributed by atoms with E-state index in [-0.39, 0.29) is 17.7 Å². The average molecular weight is 304 g/mol. The predicted molar refractivity (Wildman–Crippen MR) is 80.8 cm³/mol. The molecule has 6 heteroatoms. The summed E-state index contributed by atoms with van der Waals surface area (Å²) in [6.07, 6.45) is 6.63. The van der Waals surface area contributed by atoms with Crippen LogP contribution in [0.25, 0.3) is 0 Å². The molecule has 0 aromatic heterocycles. The number of nitrogens with zero attached hydrogens (tertiary/aromatic N) is 1. The number of amides is 1. The molecule has 1 aliphatic rings. The standard InChI is InChI=1S/C14H28N2O3S/c1-12(2)11-16(20(3,18)19)10-9-15-14(17)13-7-5-4-6-8-13/h12-13H,4-11H2,1-3H3,(H,15,17). The maximum absolute atomic E-state index is 12.0. The van der Waals surface area contributed by atoms with Crippen LogP contribution >= 0.6 is 0 Å². The van der Waals surface area contributed by atoms with Gasteiger partial charge in [0.1, 0.15) is 0 Å². The summed E-state index contributed by atoms with van der Waals surface area (Å²) in [4.78, 5) is 12.0. The van der Waals surface area contributed by atoms with E-state index in [0.29, 0.717) is 19.6 Å². The highest BCUT2D eigenvalue weighted by Crippen LogP contribution is 2.23. The first-order valence-electron chi connectivity index (χ1n) is 7.53. The number of sulfonamides is 1. The first-order chi connectivity index (χ1) is 9.30. The van der Waals surface area contributed by atoms with Gasteiger partial charge >= 0.3 is 0 Å². The number of rotatable bonds is 7. The second kappa shape index (κ2) is 7.98. The van der Waals surface area contributed by atoms with E-state index in [0.717, 1.165) is 25.7 Å². The van der Waals surface area contributed by atoms with Gasteiger partial charge in [-0.05, 0) is 18.8 Å². The van der Waals surface area contributed by atoms with Crippen molar-refractivity contribution in [3.05, 3.63) is 0 Å². The quantitative estimate of drug-likeness (QED) is 0.777. The monoisotopic (exact) mass is 304 g/mol. The zero-order valence-corrected chi connectivity index (χ0v) is 13.7. The van der Waals surface area contributed by atoms with Crippen molar-refractivity contribution in [3.8, 4) is 0 Å². The summed E-state index contributed by atoms with van der Waals surface area (Å²) >= 11 is 0. The molecule has 0 saturated heterocycles. The van der Waals surface area contributed by atoms with E-state index in [9.17, 15) is 13.2 Å². The fraction of sp³-hybridized carbons (Fsp3) is 0.929. The average Bonchev–Trinajstić information content (AvgIpc) is 2.37. The number of carbonyl (C=O) groups is 1. The molecule has 1 N–H and O–H groups in total. The Hall–Kier alpha value is -0.620. The molecule has 0 aromatic carbocycles. The molecule has 1 rings (SSSR count). The molecule has 0 aromatic rings. The molecule has 0 bridgehead atoms. The zero-order chi connectivity index (χ0) is 15.2. The first-order valence-corrected chi connectivity index (χ1v) is 9.38. The summed E-state index contributed by atoms with van der Waals surface area (Å²) in [5, 5.41) is 2.88. The minimum absolute atomic E-state index is 0.0858. The van der Waals surface area contributed by atoms with Gasteiger partial charge in [-0.3, -0.25) is 4.79 Å². The second-order valence-corrected chi connectivity index (χ2v) is 8.12. The van der Waals surface area contributed by atoms with Gasteiger partial charge in [-0.1, -0.05) is 33.1 Å². The van der Waals surface area contributed by atoms with Crippen molar-refractivity contribution in [2.24, 2.45) is 11.8 Å². The molecule has 118 valence electrons. The highest BCUT2D eigenvalue weighted by Gasteiger charge is 2.22. The highest BCUT2D eigenvalue weighted by molar-refractivity contribution is 7.88. The molecule has 5 nitrogen and oxygen atoms in total. The topological polar surface area (TPSA) is 66.5 Å². The van der Waals surface area contributed by atoms with Gasteiger partial charge in [-0.15, -0.1) is 0 Å². The minimum Gasteiger partial charge on any atom is -0.355 e. The zero-order valence-electron chi connectivity index (χ0n) is 12.9. The van der Waals surface area contributed by atoms with Gasteiger partial charge in [0.2, 0.25) is 15.9 Å². The van der Waals surface area contributed by atoms with E-state index in [1.807, 2.05) is 13.8 Å². The molecular weight excluding hydrogens is 276 g/mol. The third-order valence-corrected chi connectivity index (χ3v) is 4.94. The molecule has 1 fully saturated rings. The number of carbonyl (C=O) groups excluding carboxylic acids is 1. The number of nitrogens with one attached hydrogen (secondary N) is 1. The highest BCUT2D eigenvalue weighted by atomic mass is 32.2. The largest absolute Gasteiger partial charge is 0.355 e. The second-order valence-electron chi connectivity index (χ2n) is 6.14. The van der Waals surface area contributed by atoms with Crippen molar-refractivity contribution in [1.82, 2.24) is 9.62 Å². The molecule has 0 spiro atoms. The molecule has 0 aliphatic heterocycles. The van der Waals surface area contributed by atoms with Crippen LogP contribution < -0.4 is 5.32 Å². The van der Waals surface area contributed by atoms with Gasteiger partial charge in [0.05, 0.1) is 6.26 Å². The predicted octanol–water partition coefficient (Wildman–Crippen LogP) is 1.60. The van der Waals surface area contributed by atoms with Crippen LogP contribution in [-0.4, -0.2) is 44.5 Å². The van der Waals surface area contributed by atoms with E-state index in [4.69, 9.17) is 0 Å². The maximum atomic E-state index is 12.0. The fourth-order valence-corrected chi connectivity index (χ4v) is 3.60. The molecule has 0 radical (unpaired) electrons. The van der Waals surface area contributed by atoms with Gasteiger partial charge in [-0.2, -0.15) is 0 Å². The van der Waals surface area contributed by atoms with Gasteiger partial charge in [0.25, 0.3) is 0 Å². The van der Waals surface area contributed by atoms with Crippen LogP contribution in [0.4, 0.5) is 0 Å². The minimum atomic E-state index is -3.20. The summed E-state index contributed by atoms with van der Waals surface area (Å²) < 4.78 is 24.8. The Balaban J connectivity index is 2.38. The molecule has 0 atom stereocenters. The summed E-state index contributed by atoms with van der Waals surface area (Å²) in [6, 6.07) is 0. The van der Waals surface area contributed by atoms with Crippen LogP contribution in [0.15, 0.2) is 0 Å². The molecule has 1 saturated carbocycles. The normalized spacial score (nSPS) is 17.6. The van der Waals surface area contributed by atoms with Crippen molar-refractivity contribution in [3.63, 3.8) is 0 Å². The molecule has 1 amide bonds. The van der Waals surface area contributed by atoms with Crippen LogP contribution in [0.2, 0.25) is 0 Å². The van der Waals surface area contributed by atoms with Crippen LogP contribution in [0, 0.1) is 11.8 Å². The molecular formula is C14H28N2O3S. The van der Waals surface area contributed by atoms with Crippen LogP contribution in [0.5, 0.6) is 0 Å². The van der Waals surface area contributed by atoms with E-state index < -0.39 is 10.0 Å². The lowest BCUT2D eigenvalue weighted by atomic mass is 9.89. The number of hydrogen-bond donors (Lipinski definition) is 1. The molecule has 0 heterocycles. The Kier molecular flexibility index (Phi) is 6.95. The maximum Gasteiger partial charge on any atom is 0.223 e. The third kappa shape index (κ3) is 6.22. The van der Waals surface area contributed by atoms with Crippen molar-refractivity contribution in [2.45, 2.75) is 46.0 Å². The molecule has 0 unspecified atom stereocenters. The lowest BCUT2D eigenvalue weighted by Crippen LogP contribution is -2.41. The summed E-state index contributed by atoms with van der Waals surface area (Å²) in [6.45, 7) is 5.22. The van der Waals surface area contributed by atoms with E-state index in [1.165, 1.54) is 17.0 Å². The van der Waals surface area contributed by atoms with Crippen LogP contribution in [0.1, 0.15) is 46.0 Å². The Morgan fingerprint density at radius 2 is 1.85 bits per heavy atom. The van der Waals surface area contributed by atoms with Crippen LogP contribution in [0.3, 0.4) is 0 Å². The van der Waals surface area contributed by atoms with Crippen molar-refractivity contribution in [1.29, 1.82) is 0 Å². The Bertz CT molecular complexity index is 401. The third-order valence-electron chi connectivity index (χ3n) is 3.67. The van der Waals surface area contributed by atoms with E-state index >= 15 is 0 Å². The summed E-state index contributed by atoms with van der Waals surface area (Å²) in [5.74, 6) is 0.488. The van der Waals surface area contributed by atoms with Crippen molar-refractivity contribution >= 4 is 15.9 Å². The van der Waals surface area contributed by atoms with Gasteiger partial charge < -0.3 is 5.32 Å². The lowest BCUT2D eigenvalue weighted by molar-refractivity contribution is -0.125. The van der Waals surface area contributed by atoms with Crippen LogP contribution in [-0.2, 0) is 14.8 Å². The summed E-state index contributed by atoms with van der Waals surface area (Å²) in [5.41, 5.74) is 0. The lowest BCUT2D eigenvalue weighted by Gasteiger charge is -2.24. The summed E-state index contributed by atoms with van der Waals surface area (Å²) in [7, 11) is -3.20. The fourth-order valence-electron chi connectivity index (χ4n) is 2.61. The molecule has 20 heavy (non-hydrogen) atoms. The van der Waals surface area contributed by atoms with Crippen molar-refractivity contribution < 1.29 is 13.2 Å². The van der Waals surface area contributed by atoms with E-state index in [1.54, 1.807) is 0 Å². The Morgan fingerprint density at radius 3 is 2.35 bits per heavy atom. The smallest absolute Gasteiger partial charge is 0.223 e. The van der Waals surface area contributed by atoms with Gasteiger partial charge in [0, 0.05) is 25.6 Å². The van der Waals surface area contributed by atoms with Gasteiger partial charge in [0.15, 0.2) is 0 Å². The SMILES string of the molecule is CC(C)CN(CCNC(=O)C1CCCCC1)S(C)(=O)=O. The van der Waals surface area contributed by atoms with E-state index in [2.05, 4.69) is 5.32 Å².